The number of rotatable bonds is 8. The van der Waals surface area contributed by atoms with Crippen LogP contribution < -0.4 is 5.73 Å². The maximum Gasteiger partial charge on any atom is 0.0979 e. The molecule has 5 heteroatoms. The highest BCUT2D eigenvalue weighted by atomic mass is 16.5. The first-order valence-electron chi connectivity index (χ1n) is 5.51. The molecule has 0 aliphatic heterocycles. The second kappa shape index (κ2) is 7.97. The largest absolute Gasteiger partial charge is 0.394 e. The van der Waals surface area contributed by atoms with Gasteiger partial charge in [0.05, 0.1) is 44.2 Å². The molecule has 0 saturated heterocycles. The van der Waals surface area contributed by atoms with Gasteiger partial charge in [0.1, 0.15) is 0 Å². The molecule has 98 valence electrons. The highest BCUT2D eigenvalue weighted by Gasteiger charge is 2.17. The first-order valence-corrected chi connectivity index (χ1v) is 5.51. The molecule has 0 bridgehead atoms. The molecule has 2 atom stereocenters. The molecular weight excluding hydrogens is 210 g/mol. The lowest BCUT2D eigenvalue weighted by Gasteiger charge is -2.23. The van der Waals surface area contributed by atoms with Crippen molar-refractivity contribution >= 4 is 0 Å². The van der Waals surface area contributed by atoms with Gasteiger partial charge in [-0.25, -0.2) is 0 Å². The third-order valence-electron chi connectivity index (χ3n) is 1.97. The van der Waals surface area contributed by atoms with Crippen molar-refractivity contribution in [2.45, 2.75) is 38.5 Å². The zero-order chi connectivity index (χ0) is 12.6. The van der Waals surface area contributed by atoms with Crippen LogP contribution in [-0.4, -0.2) is 56.4 Å². The second-order valence-corrected chi connectivity index (χ2v) is 4.67. The molecule has 0 aromatic carbocycles. The van der Waals surface area contributed by atoms with E-state index < -0.39 is 6.10 Å². The Morgan fingerprint density at radius 2 is 1.88 bits per heavy atom. The third kappa shape index (κ3) is 8.01. The summed E-state index contributed by atoms with van der Waals surface area (Å²) < 4.78 is 15.8. The lowest BCUT2D eigenvalue weighted by molar-refractivity contribution is -0.0712. The van der Waals surface area contributed by atoms with Crippen LogP contribution in [0.15, 0.2) is 0 Å². The summed E-state index contributed by atoms with van der Waals surface area (Å²) in [5.41, 5.74) is 5.58. The van der Waals surface area contributed by atoms with Gasteiger partial charge in [0.2, 0.25) is 0 Å². The maximum absolute atomic E-state index is 9.08. The lowest BCUT2D eigenvalue weighted by Crippen LogP contribution is -2.43. The first-order chi connectivity index (χ1) is 7.40. The summed E-state index contributed by atoms with van der Waals surface area (Å²) >= 11 is 0. The van der Waals surface area contributed by atoms with Crippen molar-refractivity contribution in [3.8, 4) is 0 Å². The Bertz CT molecular complexity index is 170. The molecule has 0 spiro atoms. The van der Waals surface area contributed by atoms with Crippen molar-refractivity contribution in [1.82, 2.24) is 0 Å². The predicted octanol–water partition coefficient (Wildman–Crippen LogP) is 0.153. The number of hydrogen-bond acceptors (Lipinski definition) is 5. The van der Waals surface area contributed by atoms with Gasteiger partial charge in [-0.3, -0.25) is 0 Å². The zero-order valence-electron chi connectivity index (χ0n) is 10.7. The van der Waals surface area contributed by atoms with Crippen LogP contribution in [0.25, 0.3) is 0 Å². The minimum Gasteiger partial charge on any atom is -0.394 e. The van der Waals surface area contributed by atoms with Crippen molar-refractivity contribution in [3.05, 3.63) is 0 Å². The Morgan fingerprint density at radius 1 is 1.25 bits per heavy atom. The Labute approximate surface area is 97.9 Å². The standard InChI is InChI=1S/C11H25NO4/c1-11(2,3)16-6-5-15-10(7-13)9(12)8-14-4/h9-10,13H,5-8,12H2,1-4H3. The zero-order valence-corrected chi connectivity index (χ0v) is 10.7. The van der Waals surface area contributed by atoms with E-state index in [0.29, 0.717) is 19.8 Å². The van der Waals surface area contributed by atoms with Gasteiger partial charge in [0.15, 0.2) is 0 Å². The van der Waals surface area contributed by atoms with E-state index >= 15 is 0 Å². The van der Waals surface area contributed by atoms with Crippen LogP contribution in [0, 0.1) is 0 Å². The van der Waals surface area contributed by atoms with Gasteiger partial charge in [-0.2, -0.15) is 0 Å². The molecule has 3 N–H and O–H groups in total. The Balaban J connectivity index is 3.71. The molecule has 0 heterocycles. The van der Waals surface area contributed by atoms with E-state index in [4.69, 9.17) is 25.1 Å². The van der Waals surface area contributed by atoms with Crippen LogP contribution >= 0.6 is 0 Å². The molecule has 0 aliphatic rings. The van der Waals surface area contributed by atoms with E-state index in [1.165, 1.54) is 0 Å². The molecule has 0 aliphatic carbocycles. The molecule has 16 heavy (non-hydrogen) atoms. The van der Waals surface area contributed by atoms with Crippen molar-refractivity contribution < 1.29 is 19.3 Å². The summed E-state index contributed by atoms with van der Waals surface area (Å²) in [6.45, 7) is 7.10. The van der Waals surface area contributed by atoms with E-state index in [-0.39, 0.29) is 18.2 Å². The van der Waals surface area contributed by atoms with Crippen molar-refractivity contribution in [3.63, 3.8) is 0 Å². The van der Waals surface area contributed by atoms with Crippen molar-refractivity contribution in [2.75, 3.05) is 33.5 Å². The van der Waals surface area contributed by atoms with E-state index in [0.717, 1.165) is 0 Å². The van der Waals surface area contributed by atoms with Gasteiger partial charge in [0, 0.05) is 7.11 Å². The van der Waals surface area contributed by atoms with Gasteiger partial charge in [-0.15, -0.1) is 0 Å². The van der Waals surface area contributed by atoms with E-state index in [2.05, 4.69) is 0 Å². The Hall–Kier alpha value is -0.200. The summed E-state index contributed by atoms with van der Waals surface area (Å²) in [4.78, 5) is 0. The minimum atomic E-state index is -0.400. The summed E-state index contributed by atoms with van der Waals surface area (Å²) in [6, 6.07) is -0.315. The fraction of sp³-hybridized carbons (Fsp3) is 1.00. The van der Waals surface area contributed by atoms with Crippen LogP contribution in [0.2, 0.25) is 0 Å². The molecule has 2 unspecified atom stereocenters. The molecule has 0 aromatic rings. The van der Waals surface area contributed by atoms with Gasteiger partial charge in [0.25, 0.3) is 0 Å². The normalized spacial score (nSPS) is 16.1. The number of aliphatic hydroxyl groups is 1. The van der Waals surface area contributed by atoms with Gasteiger partial charge in [-0.1, -0.05) is 0 Å². The van der Waals surface area contributed by atoms with E-state index in [9.17, 15) is 0 Å². The number of ether oxygens (including phenoxy) is 3. The van der Waals surface area contributed by atoms with E-state index in [1.54, 1.807) is 7.11 Å². The van der Waals surface area contributed by atoms with E-state index in [1.807, 2.05) is 20.8 Å². The number of methoxy groups -OCH3 is 1. The van der Waals surface area contributed by atoms with Crippen LogP contribution in [0.1, 0.15) is 20.8 Å². The van der Waals surface area contributed by atoms with Gasteiger partial charge >= 0.3 is 0 Å². The van der Waals surface area contributed by atoms with Crippen LogP contribution in [0.5, 0.6) is 0 Å². The SMILES string of the molecule is COCC(N)C(CO)OCCOC(C)(C)C. The fourth-order valence-corrected chi connectivity index (χ4v) is 1.16. The first kappa shape index (κ1) is 15.8. The maximum atomic E-state index is 9.08. The van der Waals surface area contributed by atoms with Crippen LogP contribution in [0.4, 0.5) is 0 Å². The molecule has 0 amide bonds. The molecular formula is C11H25NO4. The number of hydrogen-bond donors (Lipinski definition) is 2. The highest BCUT2D eigenvalue weighted by molar-refractivity contribution is 4.72. The molecule has 5 nitrogen and oxygen atoms in total. The Morgan fingerprint density at radius 3 is 2.31 bits per heavy atom. The smallest absolute Gasteiger partial charge is 0.0979 e. The predicted molar refractivity (Wildman–Crippen MR) is 62.4 cm³/mol. The van der Waals surface area contributed by atoms with Crippen LogP contribution in [0.3, 0.4) is 0 Å². The number of nitrogens with two attached hydrogens (primary N) is 1. The van der Waals surface area contributed by atoms with Gasteiger partial charge < -0.3 is 25.1 Å². The molecule has 0 fully saturated rings. The summed E-state index contributed by atoms with van der Waals surface area (Å²) in [5, 5.41) is 9.08. The summed E-state index contributed by atoms with van der Waals surface area (Å²) in [7, 11) is 1.57. The average molecular weight is 235 g/mol. The van der Waals surface area contributed by atoms with Crippen molar-refractivity contribution in [2.24, 2.45) is 5.73 Å². The monoisotopic (exact) mass is 235 g/mol. The molecule has 0 rings (SSSR count). The third-order valence-corrected chi connectivity index (χ3v) is 1.97. The van der Waals surface area contributed by atoms with Gasteiger partial charge in [-0.05, 0) is 20.8 Å². The summed E-state index contributed by atoms with van der Waals surface area (Å²) in [5.74, 6) is 0. The minimum absolute atomic E-state index is 0.111. The fourth-order valence-electron chi connectivity index (χ4n) is 1.16. The van der Waals surface area contributed by atoms with Crippen LogP contribution in [-0.2, 0) is 14.2 Å². The molecule has 0 saturated carbocycles. The topological polar surface area (TPSA) is 73.9 Å². The van der Waals surface area contributed by atoms with Crippen molar-refractivity contribution in [1.29, 1.82) is 0 Å². The average Bonchev–Trinajstić information content (AvgIpc) is 2.16. The Kier molecular flexibility index (Phi) is 7.87. The molecule has 0 aromatic heterocycles. The quantitative estimate of drug-likeness (QED) is 0.586. The number of aliphatic hydroxyl groups excluding tert-OH is 1. The molecule has 0 radical (unpaired) electrons. The summed E-state index contributed by atoms with van der Waals surface area (Å²) in [6.07, 6.45) is -0.400. The lowest BCUT2D eigenvalue weighted by atomic mass is 10.2. The highest BCUT2D eigenvalue weighted by Crippen LogP contribution is 2.06. The second-order valence-electron chi connectivity index (χ2n) is 4.67.